The summed E-state index contributed by atoms with van der Waals surface area (Å²) in [6.07, 6.45) is -0.812. The summed E-state index contributed by atoms with van der Waals surface area (Å²) in [7, 11) is 1.60. The van der Waals surface area contributed by atoms with Crippen molar-refractivity contribution in [2.75, 3.05) is 11.9 Å². The zero-order valence-electron chi connectivity index (χ0n) is 15.3. The Morgan fingerprint density at radius 3 is 2.15 bits per heavy atom. The topological polar surface area (TPSA) is 102 Å². The van der Waals surface area contributed by atoms with Crippen LogP contribution >= 0.6 is 0 Å². The number of benzene rings is 2. The molecule has 0 bridgehead atoms. The van der Waals surface area contributed by atoms with Crippen molar-refractivity contribution >= 4 is 23.6 Å². The Bertz CT molecular complexity index is 780. The van der Waals surface area contributed by atoms with Crippen LogP contribution in [0.15, 0.2) is 60.7 Å². The van der Waals surface area contributed by atoms with Gasteiger partial charge in [0, 0.05) is 19.2 Å². The van der Waals surface area contributed by atoms with Crippen molar-refractivity contribution in [2.45, 2.75) is 25.5 Å². The highest BCUT2D eigenvalue weighted by Gasteiger charge is 2.28. The minimum absolute atomic E-state index is 0.206. The summed E-state index contributed by atoms with van der Waals surface area (Å²) in [5.41, 5.74) is 6.68. The maximum absolute atomic E-state index is 12.5. The third-order valence-electron chi connectivity index (χ3n) is 4.00. The van der Waals surface area contributed by atoms with Crippen LogP contribution in [0.5, 0.6) is 0 Å². The molecule has 2 aromatic rings. The number of anilines is 1. The first-order valence-corrected chi connectivity index (χ1v) is 8.51. The monoisotopic (exact) mass is 369 g/mol. The Kier molecular flexibility index (Phi) is 6.93. The number of likely N-dealkylation sites (N-methyl/N-ethyl adjacent to an activating group) is 1. The molecule has 0 unspecified atom stereocenters. The quantitative estimate of drug-likeness (QED) is 0.727. The van der Waals surface area contributed by atoms with Gasteiger partial charge in [-0.15, -0.1) is 0 Å². The molecule has 0 aliphatic carbocycles. The molecule has 0 aliphatic heterocycles. The molecule has 27 heavy (non-hydrogen) atoms. The molecule has 0 heterocycles. The largest absolute Gasteiger partial charge is 0.451 e. The predicted octanol–water partition coefficient (Wildman–Crippen LogP) is 1.86. The molecule has 3 amide bonds. The summed E-state index contributed by atoms with van der Waals surface area (Å²) in [5, 5.41) is 2.37. The second kappa shape index (κ2) is 9.38. The number of para-hydroxylation sites is 1. The molecule has 0 radical (unpaired) electrons. The van der Waals surface area contributed by atoms with Gasteiger partial charge < -0.3 is 20.7 Å². The first-order chi connectivity index (χ1) is 12.9. The average Bonchev–Trinajstić information content (AvgIpc) is 2.67. The fourth-order valence-corrected chi connectivity index (χ4v) is 2.57. The number of primary amides is 1. The fourth-order valence-electron chi connectivity index (χ4n) is 2.57. The molecule has 142 valence electrons. The molecule has 0 fully saturated rings. The second-order valence-electron chi connectivity index (χ2n) is 6.06. The van der Waals surface area contributed by atoms with E-state index in [1.807, 2.05) is 48.5 Å². The predicted molar refractivity (Wildman–Crippen MR) is 102 cm³/mol. The summed E-state index contributed by atoms with van der Waals surface area (Å²) in [6, 6.07) is 16.3. The van der Waals surface area contributed by atoms with Gasteiger partial charge in [-0.1, -0.05) is 48.5 Å². The van der Waals surface area contributed by atoms with E-state index in [2.05, 4.69) is 5.32 Å². The van der Waals surface area contributed by atoms with Gasteiger partial charge in [0.2, 0.25) is 0 Å². The zero-order chi connectivity index (χ0) is 19.8. The van der Waals surface area contributed by atoms with Crippen molar-refractivity contribution in [3.8, 4) is 0 Å². The van der Waals surface area contributed by atoms with Gasteiger partial charge in [-0.2, -0.15) is 0 Å². The number of hydrogen-bond acceptors (Lipinski definition) is 4. The van der Waals surface area contributed by atoms with E-state index in [1.165, 1.54) is 11.8 Å². The molecule has 2 rings (SSSR count). The number of nitrogens with zero attached hydrogens (tertiary/aromatic N) is 1. The standard InChI is InChI=1S/C20H23N3O4/c1-14(18(24)23(2)16-11-7-4-8-12-16)27-19(25)17(22-20(21)26)13-15-9-5-3-6-10-15/h3-12,14,17H,13H2,1-2H3,(H3,21,22,26)/t14-,17+/m1/s1. The van der Waals surface area contributed by atoms with Gasteiger partial charge in [-0.05, 0) is 24.6 Å². The van der Waals surface area contributed by atoms with E-state index in [0.29, 0.717) is 5.69 Å². The Hall–Kier alpha value is -3.35. The van der Waals surface area contributed by atoms with Gasteiger partial charge in [0.15, 0.2) is 6.10 Å². The molecular weight excluding hydrogens is 346 g/mol. The van der Waals surface area contributed by atoms with Crippen LogP contribution in [0, 0.1) is 0 Å². The number of nitrogens with one attached hydrogen (secondary N) is 1. The first kappa shape index (κ1) is 20.0. The lowest BCUT2D eigenvalue weighted by Crippen LogP contribution is -2.48. The molecule has 2 aromatic carbocycles. The van der Waals surface area contributed by atoms with Crippen LogP contribution in [0.1, 0.15) is 12.5 Å². The SMILES string of the molecule is C[C@@H](OC(=O)[C@H](Cc1ccccc1)NC(N)=O)C(=O)N(C)c1ccccc1. The molecule has 0 saturated carbocycles. The third kappa shape index (κ3) is 5.85. The number of urea groups is 1. The van der Waals surface area contributed by atoms with Crippen LogP contribution in [0.25, 0.3) is 0 Å². The Morgan fingerprint density at radius 1 is 1.04 bits per heavy atom. The number of hydrogen-bond donors (Lipinski definition) is 2. The molecule has 3 N–H and O–H groups in total. The van der Waals surface area contributed by atoms with Crippen LogP contribution in [0.3, 0.4) is 0 Å². The molecule has 0 aromatic heterocycles. The number of ether oxygens (including phenoxy) is 1. The first-order valence-electron chi connectivity index (χ1n) is 8.51. The van der Waals surface area contributed by atoms with Crippen molar-refractivity contribution < 1.29 is 19.1 Å². The normalized spacial score (nSPS) is 12.5. The molecule has 7 nitrogen and oxygen atoms in total. The molecule has 7 heteroatoms. The van der Waals surface area contributed by atoms with E-state index < -0.39 is 24.1 Å². The third-order valence-corrected chi connectivity index (χ3v) is 4.00. The molecule has 0 saturated heterocycles. The van der Waals surface area contributed by atoms with Crippen LogP contribution in [-0.2, 0) is 20.7 Å². The average molecular weight is 369 g/mol. The smallest absolute Gasteiger partial charge is 0.329 e. The van der Waals surface area contributed by atoms with Crippen LogP contribution in [-0.4, -0.2) is 37.1 Å². The van der Waals surface area contributed by atoms with E-state index in [0.717, 1.165) is 5.56 Å². The van der Waals surface area contributed by atoms with Crippen LogP contribution in [0.2, 0.25) is 0 Å². The van der Waals surface area contributed by atoms with Gasteiger partial charge in [-0.3, -0.25) is 4.79 Å². The summed E-state index contributed by atoms with van der Waals surface area (Å²) < 4.78 is 5.29. The summed E-state index contributed by atoms with van der Waals surface area (Å²) >= 11 is 0. The van der Waals surface area contributed by atoms with Gasteiger partial charge >= 0.3 is 12.0 Å². The number of carbonyl (C=O) groups excluding carboxylic acids is 3. The maximum Gasteiger partial charge on any atom is 0.329 e. The Labute approximate surface area is 158 Å². The van der Waals surface area contributed by atoms with E-state index in [1.54, 1.807) is 19.2 Å². The van der Waals surface area contributed by atoms with Crippen molar-refractivity contribution in [1.29, 1.82) is 0 Å². The molecular formula is C20H23N3O4. The second-order valence-corrected chi connectivity index (χ2v) is 6.06. The van der Waals surface area contributed by atoms with E-state index >= 15 is 0 Å². The van der Waals surface area contributed by atoms with E-state index in [4.69, 9.17) is 10.5 Å². The van der Waals surface area contributed by atoms with E-state index in [-0.39, 0.29) is 12.3 Å². The number of nitrogens with two attached hydrogens (primary N) is 1. The summed E-state index contributed by atoms with van der Waals surface area (Å²) in [4.78, 5) is 37.7. The lowest BCUT2D eigenvalue weighted by Gasteiger charge is -2.23. The molecule has 2 atom stereocenters. The van der Waals surface area contributed by atoms with Crippen molar-refractivity contribution in [3.63, 3.8) is 0 Å². The number of esters is 1. The van der Waals surface area contributed by atoms with Gasteiger partial charge in [-0.25, -0.2) is 9.59 Å². The minimum Gasteiger partial charge on any atom is -0.451 e. The van der Waals surface area contributed by atoms with Crippen molar-refractivity contribution in [2.24, 2.45) is 5.73 Å². The highest BCUT2D eigenvalue weighted by molar-refractivity contribution is 5.97. The summed E-state index contributed by atoms with van der Waals surface area (Å²) in [5.74, 6) is -1.10. The molecule has 0 aliphatic rings. The van der Waals surface area contributed by atoms with Crippen LogP contribution in [0.4, 0.5) is 10.5 Å². The number of carbonyl (C=O) groups is 3. The number of rotatable bonds is 7. The Morgan fingerprint density at radius 2 is 1.59 bits per heavy atom. The molecule has 0 spiro atoms. The van der Waals surface area contributed by atoms with Crippen LogP contribution < -0.4 is 16.0 Å². The lowest BCUT2D eigenvalue weighted by atomic mass is 10.1. The maximum atomic E-state index is 12.5. The summed E-state index contributed by atoms with van der Waals surface area (Å²) in [6.45, 7) is 1.49. The van der Waals surface area contributed by atoms with Gasteiger partial charge in [0.1, 0.15) is 6.04 Å². The highest BCUT2D eigenvalue weighted by Crippen LogP contribution is 2.14. The van der Waals surface area contributed by atoms with Gasteiger partial charge in [0.05, 0.1) is 0 Å². The number of amides is 3. The highest BCUT2D eigenvalue weighted by atomic mass is 16.5. The zero-order valence-corrected chi connectivity index (χ0v) is 15.3. The van der Waals surface area contributed by atoms with Crippen molar-refractivity contribution in [3.05, 3.63) is 66.2 Å². The Balaban J connectivity index is 2.04. The van der Waals surface area contributed by atoms with E-state index in [9.17, 15) is 14.4 Å². The minimum atomic E-state index is -1.02. The van der Waals surface area contributed by atoms with Crippen molar-refractivity contribution in [1.82, 2.24) is 5.32 Å². The fraction of sp³-hybridized carbons (Fsp3) is 0.250. The van der Waals surface area contributed by atoms with Gasteiger partial charge in [0.25, 0.3) is 5.91 Å². The lowest BCUT2D eigenvalue weighted by molar-refractivity contribution is -0.155.